The van der Waals surface area contributed by atoms with Gasteiger partial charge in [-0.25, -0.2) is 8.42 Å². The predicted molar refractivity (Wildman–Crippen MR) is 76.6 cm³/mol. The Morgan fingerprint density at radius 3 is 2.78 bits per heavy atom. The Morgan fingerprint density at radius 2 is 2.17 bits per heavy atom. The van der Waals surface area contributed by atoms with Gasteiger partial charge in [0.05, 0.1) is 5.75 Å². The Balaban J connectivity index is 2.21. The molecule has 0 aromatic rings. The number of rotatable bonds is 7. The van der Waals surface area contributed by atoms with Gasteiger partial charge in [0.15, 0.2) is 0 Å². The third-order valence-electron chi connectivity index (χ3n) is 3.85. The fourth-order valence-electron chi connectivity index (χ4n) is 2.62. The van der Waals surface area contributed by atoms with Gasteiger partial charge in [0.2, 0.25) is 0 Å². The van der Waals surface area contributed by atoms with E-state index in [-0.39, 0.29) is 0 Å². The molecule has 0 aromatic carbocycles. The zero-order valence-corrected chi connectivity index (χ0v) is 12.8. The molecule has 5 heteroatoms. The fourth-order valence-corrected chi connectivity index (χ4v) is 3.29. The van der Waals surface area contributed by atoms with Gasteiger partial charge in [-0.05, 0) is 51.7 Å². The lowest BCUT2D eigenvalue weighted by Gasteiger charge is -2.35. The molecule has 108 valence electrons. The van der Waals surface area contributed by atoms with Crippen LogP contribution in [-0.2, 0) is 9.84 Å². The number of likely N-dealkylation sites (tertiary alicyclic amines) is 1. The molecule has 1 aliphatic rings. The zero-order valence-electron chi connectivity index (χ0n) is 12.0. The normalized spacial score (nSPS) is 24.1. The molecule has 0 spiro atoms. The first-order chi connectivity index (χ1) is 8.42. The summed E-state index contributed by atoms with van der Waals surface area (Å²) < 4.78 is 22.0. The molecule has 2 atom stereocenters. The van der Waals surface area contributed by atoms with Crippen molar-refractivity contribution in [1.82, 2.24) is 10.2 Å². The lowest BCUT2D eigenvalue weighted by molar-refractivity contribution is 0.157. The van der Waals surface area contributed by atoms with Gasteiger partial charge in [0, 0.05) is 18.8 Å². The number of nitrogens with one attached hydrogen (secondary N) is 1. The van der Waals surface area contributed by atoms with E-state index in [4.69, 9.17) is 0 Å². The second-order valence-corrected chi connectivity index (χ2v) is 7.78. The summed E-state index contributed by atoms with van der Waals surface area (Å²) in [5.74, 6) is 0.996. The molecule has 0 radical (unpaired) electrons. The van der Waals surface area contributed by atoms with E-state index in [1.165, 1.54) is 32.2 Å². The van der Waals surface area contributed by atoms with Gasteiger partial charge in [-0.1, -0.05) is 6.92 Å². The van der Waals surface area contributed by atoms with Gasteiger partial charge < -0.3 is 10.2 Å². The minimum absolute atomic E-state index is 0.290. The van der Waals surface area contributed by atoms with Crippen LogP contribution >= 0.6 is 0 Å². The van der Waals surface area contributed by atoms with Crippen molar-refractivity contribution in [1.29, 1.82) is 0 Å². The monoisotopic (exact) mass is 276 g/mol. The summed E-state index contributed by atoms with van der Waals surface area (Å²) >= 11 is 0. The topological polar surface area (TPSA) is 49.4 Å². The Hall–Kier alpha value is -0.130. The number of nitrogens with zero attached hydrogens (tertiary/aromatic N) is 1. The van der Waals surface area contributed by atoms with Crippen LogP contribution in [0.25, 0.3) is 0 Å². The maximum absolute atomic E-state index is 11.0. The summed E-state index contributed by atoms with van der Waals surface area (Å²) in [6, 6.07) is 0.485. The third-order valence-corrected chi connectivity index (χ3v) is 4.88. The highest BCUT2D eigenvalue weighted by Gasteiger charge is 2.23. The Bertz CT molecular complexity index is 330. The molecule has 0 saturated carbocycles. The van der Waals surface area contributed by atoms with Crippen LogP contribution in [0.5, 0.6) is 0 Å². The highest BCUT2D eigenvalue weighted by molar-refractivity contribution is 7.90. The van der Waals surface area contributed by atoms with Gasteiger partial charge in [-0.3, -0.25) is 0 Å². The van der Waals surface area contributed by atoms with Crippen LogP contribution < -0.4 is 5.32 Å². The first kappa shape index (κ1) is 15.9. The molecule has 1 rings (SSSR count). The molecule has 0 amide bonds. The highest BCUT2D eigenvalue weighted by Crippen LogP contribution is 2.19. The highest BCUT2D eigenvalue weighted by atomic mass is 32.2. The smallest absolute Gasteiger partial charge is 0.147 e. The van der Waals surface area contributed by atoms with Crippen molar-refractivity contribution in [3.63, 3.8) is 0 Å². The average Bonchev–Trinajstić information content (AvgIpc) is 2.33. The molecule has 0 aliphatic carbocycles. The minimum Gasteiger partial charge on any atom is -0.314 e. The Kier molecular flexibility index (Phi) is 6.60. The number of hydrogen-bond donors (Lipinski definition) is 1. The third kappa shape index (κ3) is 6.16. The lowest BCUT2D eigenvalue weighted by Crippen LogP contribution is -2.44. The van der Waals surface area contributed by atoms with E-state index in [0.29, 0.717) is 24.1 Å². The summed E-state index contributed by atoms with van der Waals surface area (Å²) in [4.78, 5) is 2.50. The quantitative estimate of drug-likeness (QED) is 0.708. The van der Waals surface area contributed by atoms with Crippen LogP contribution in [0.1, 0.15) is 33.1 Å². The van der Waals surface area contributed by atoms with Crippen molar-refractivity contribution in [2.45, 2.75) is 39.2 Å². The van der Waals surface area contributed by atoms with Gasteiger partial charge in [0.25, 0.3) is 0 Å². The molecule has 1 heterocycles. The molecule has 1 N–H and O–H groups in total. The van der Waals surface area contributed by atoms with Crippen molar-refractivity contribution in [2.24, 2.45) is 5.92 Å². The first-order valence-corrected chi connectivity index (χ1v) is 9.12. The predicted octanol–water partition coefficient (Wildman–Crippen LogP) is 1.13. The number of sulfone groups is 1. The van der Waals surface area contributed by atoms with Crippen LogP contribution in [0, 0.1) is 5.92 Å². The summed E-state index contributed by atoms with van der Waals surface area (Å²) in [5.41, 5.74) is 0. The molecule has 1 fully saturated rings. The van der Waals surface area contributed by atoms with E-state index >= 15 is 0 Å². The molecule has 0 bridgehead atoms. The maximum atomic E-state index is 11.0. The van der Waals surface area contributed by atoms with E-state index in [0.717, 1.165) is 13.1 Å². The van der Waals surface area contributed by atoms with E-state index in [1.54, 1.807) is 0 Å². The van der Waals surface area contributed by atoms with Gasteiger partial charge in [0.1, 0.15) is 9.84 Å². The van der Waals surface area contributed by atoms with E-state index in [2.05, 4.69) is 24.1 Å². The van der Waals surface area contributed by atoms with Crippen LogP contribution in [-0.4, -0.2) is 57.5 Å². The van der Waals surface area contributed by atoms with Gasteiger partial charge in [-0.15, -0.1) is 0 Å². The summed E-state index contributed by atoms with van der Waals surface area (Å²) in [5, 5.41) is 3.48. The lowest BCUT2D eigenvalue weighted by atomic mass is 9.91. The van der Waals surface area contributed by atoms with Crippen molar-refractivity contribution >= 4 is 9.84 Å². The van der Waals surface area contributed by atoms with Gasteiger partial charge in [-0.2, -0.15) is 0 Å². The van der Waals surface area contributed by atoms with Crippen molar-refractivity contribution in [3.8, 4) is 0 Å². The zero-order chi connectivity index (χ0) is 13.6. The van der Waals surface area contributed by atoms with Crippen LogP contribution in [0.3, 0.4) is 0 Å². The van der Waals surface area contributed by atoms with Crippen LogP contribution in [0.15, 0.2) is 0 Å². The second-order valence-electron chi connectivity index (χ2n) is 5.52. The average molecular weight is 276 g/mol. The van der Waals surface area contributed by atoms with E-state index in [1.807, 2.05) is 0 Å². The molecule has 2 unspecified atom stereocenters. The van der Waals surface area contributed by atoms with Crippen LogP contribution in [0.2, 0.25) is 0 Å². The Morgan fingerprint density at radius 1 is 1.44 bits per heavy atom. The van der Waals surface area contributed by atoms with E-state index < -0.39 is 9.84 Å². The van der Waals surface area contributed by atoms with Crippen molar-refractivity contribution in [3.05, 3.63) is 0 Å². The maximum Gasteiger partial charge on any atom is 0.147 e. The second kappa shape index (κ2) is 7.46. The fraction of sp³-hybridized carbons (Fsp3) is 1.00. The standard InChI is InChI=1S/C13H28N2O2S/c1-4-15-9-5-7-13(11-15)12(2)14-8-6-10-18(3,16)17/h12-14H,4-11H2,1-3H3. The molecule has 1 saturated heterocycles. The Labute approximate surface area is 112 Å². The van der Waals surface area contributed by atoms with Crippen LogP contribution in [0.4, 0.5) is 0 Å². The molecule has 0 aromatic heterocycles. The molecule has 1 aliphatic heterocycles. The summed E-state index contributed by atoms with van der Waals surface area (Å²) in [6.07, 6.45) is 4.59. The van der Waals surface area contributed by atoms with E-state index in [9.17, 15) is 8.42 Å². The molecular formula is C13H28N2O2S. The number of hydrogen-bond acceptors (Lipinski definition) is 4. The molecule has 4 nitrogen and oxygen atoms in total. The van der Waals surface area contributed by atoms with Crippen molar-refractivity contribution in [2.75, 3.05) is 38.2 Å². The first-order valence-electron chi connectivity index (χ1n) is 7.06. The number of piperidine rings is 1. The molecular weight excluding hydrogens is 248 g/mol. The molecule has 18 heavy (non-hydrogen) atoms. The van der Waals surface area contributed by atoms with Gasteiger partial charge >= 0.3 is 0 Å². The largest absolute Gasteiger partial charge is 0.314 e. The van der Waals surface area contributed by atoms with Crippen molar-refractivity contribution < 1.29 is 8.42 Å². The summed E-state index contributed by atoms with van der Waals surface area (Å²) in [7, 11) is -2.81. The SMILES string of the molecule is CCN1CCCC(C(C)NCCCS(C)(=O)=O)C1. The summed E-state index contributed by atoms with van der Waals surface area (Å²) in [6.45, 7) is 8.79. The minimum atomic E-state index is -2.81.